The zero-order valence-electron chi connectivity index (χ0n) is 8.82. The fourth-order valence-electron chi connectivity index (χ4n) is 1.50. The van der Waals surface area contributed by atoms with Crippen molar-refractivity contribution in [3.63, 3.8) is 0 Å². The molecule has 1 aromatic carbocycles. The molecule has 0 fully saturated rings. The lowest BCUT2D eigenvalue weighted by molar-refractivity contribution is 0.721. The number of benzene rings is 1. The summed E-state index contributed by atoms with van der Waals surface area (Å²) in [6.45, 7) is 8.72. The molecule has 0 heterocycles. The van der Waals surface area contributed by atoms with Crippen LogP contribution in [0.2, 0.25) is 0 Å². The van der Waals surface area contributed by atoms with E-state index in [1.54, 1.807) is 0 Å². The van der Waals surface area contributed by atoms with Gasteiger partial charge in [0.1, 0.15) is 0 Å². The van der Waals surface area contributed by atoms with Gasteiger partial charge in [-0.1, -0.05) is 39.7 Å². The van der Waals surface area contributed by atoms with E-state index in [-0.39, 0.29) is 4.32 Å². The molecule has 0 aliphatic rings. The zero-order valence-corrected chi connectivity index (χ0v) is 10.4. The highest BCUT2D eigenvalue weighted by molar-refractivity contribution is 9.10. The van der Waals surface area contributed by atoms with Gasteiger partial charge in [0.05, 0.1) is 0 Å². The van der Waals surface area contributed by atoms with Gasteiger partial charge in [-0.05, 0) is 45.2 Å². The topological polar surface area (TPSA) is 0 Å². The Morgan fingerprint density at radius 1 is 1.23 bits per heavy atom. The minimum Gasteiger partial charge on any atom is -0.0856 e. The first-order valence-corrected chi connectivity index (χ1v) is 5.43. The van der Waals surface area contributed by atoms with E-state index in [1.165, 1.54) is 16.7 Å². The van der Waals surface area contributed by atoms with E-state index in [1.807, 2.05) is 0 Å². The van der Waals surface area contributed by atoms with Crippen LogP contribution >= 0.6 is 15.9 Å². The Hall–Kier alpha value is -0.300. The summed E-state index contributed by atoms with van der Waals surface area (Å²) in [5, 5.41) is 0. The molecule has 1 heteroatoms. The number of hydrogen-bond acceptors (Lipinski definition) is 0. The zero-order chi connectivity index (χ0) is 10.1. The molecule has 0 atom stereocenters. The summed E-state index contributed by atoms with van der Waals surface area (Å²) < 4.78 is 0.201. The van der Waals surface area contributed by atoms with E-state index in [2.05, 4.69) is 61.8 Å². The van der Waals surface area contributed by atoms with Crippen molar-refractivity contribution in [1.29, 1.82) is 0 Å². The van der Waals surface area contributed by atoms with E-state index in [4.69, 9.17) is 0 Å². The number of aryl methyl sites for hydroxylation is 2. The first kappa shape index (κ1) is 10.8. The number of hydrogen-bond donors (Lipinski definition) is 0. The Balaban J connectivity index is 2.90. The second kappa shape index (κ2) is 3.83. The molecule has 72 valence electrons. The number of alkyl halides is 1. The van der Waals surface area contributed by atoms with Gasteiger partial charge in [0.25, 0.3) is 0 Å². The summed E-state index contributed by atoms with van der Waals surface area (Å²) in [5.41, 5.74) is 4.17. The first-order valence-electron chi connectivity index (χ1n) is 4.63. The maximum Gasteiger partial charge on any atom is 0.0242 e. The van der Waals surface area contributed by atoms with Crippen LogP contribution in [0.15, 0.2) is 18.2 Å². The van der Waals surface area contributed by atoms with Crippen molar-refractivity contribution in [2.75, 3.05) is 0 Å². The van der Waals surface area contributed by atoms with Crippen LogP contribution in [0.1, 0.15) is 30.5 Å². The summed E-state index contributed by atoms with van der Waals surface area (Å²) in [6, 6.07) is 6.66. The third-order valence-electron chi connectivity index (χ3n) is 2.11. The van der Waals surface area contributed by atoms with Crippen molar-refractivity contribution < 1.29 is 0 Å². The van der Waals surface area contributed by atoms with Crippen LogP contribution in [0.4, 0.5) is 0 Å². The minimum atomic E-state index is 0.201. The van der Waals surface area contributed by atoms with Crippen LogP contribution in [-0.4, -0.2) is 4.32 Å². The molecule has 0 unspecified atom stereocenters. The fraction of sp³-hybridized carbons (Fsp3) is 0.500. The molecule has 0 aliphatic heterocycles. The van der Waals surface area contributed by atoms with E-state index >= 15 is 0 Å². The van der Waals surface area contributed by atoms with Crippen molar-refractivity contribution in [3.8, 4) is 0 Å². The second-order valence-electron chi connectivity index (χ2n) is 4.33. The lowest BCUT2D eigenvalue weighted by Crippen LogP contribution is -2.14. The minimum absolute atomic E-state index is 0.201. The Labute approximate surface area is 89.5 Å². The lowest BCUT2D eigenvalue weighted by atomic mass is 9.97. The summed E-state index contributed by atoms with van der Waals surface area (Å²) in [5.74, 6) is 0. The van der Waals surface area contributed by atoms with Crippen LogP contribution < -0.4 is 0 Å². The highest BCUT2D eigenvalue weighted by Gasteiger charge is 2.14. The van der Waals surface area contributed by atoms with Crippen LogP contribution in [0.5, 0.6) is 0 Å². The molecule has 0 bridgehead atoms. The van der Waals surface area contributed by atoms with Gasteiger partial charge in [0, 0.05) is 4.32 Å². The summed E-state index contributed by atoms with van der Waals surface area (Å²) >= 11 is 3.67. The number of rotatable bonds is 2. The highest BCUT2D eigenvalue weighted by atomic mass is 79.9. The van der Waals surface area contributed by atoms with Crippen molar-refractivity contribution >= 4 is 15.9 Å². The average molecular weight is 241 g/mol. The molecule has 0 amide bonds. The van der Waals surface area contributed by atoms with Crippen LogP contribution in [0, 0.1) is 13.8 Å². The van der Waals surface area contributed by atoms with Crippen LogP contribution in [0.3, 0.4) is 0 Å². The highest BCUT2D eigenvalue weighted by Crippen LogP contribution is 2.24. The van der Waals surface area contributed by atoms with Gasteiger partial charge in [0.15, 0.2) is 0 Å². The van der Waals surface area contributed by atoms with Crippen molar-refractivity contribution in [2.45, 2.75) is 38.4 Å². The Morgan fingerprint density at radius 3 is 2.31 bits per heavy atom. The Kier molecular flexibility index (Phi) is 3.18. The van der Waals surface area contributed by atoms with Gasteiger partial charge in [-0.3, -0.25) is 0 Å². The third kappa shape index (κ3) is 3.51. The lowest BCUT2D eigenvalue weighted by Gasteiger charge is -2.17. The van der Waals surface area contributed by atoms with Crippen molar-refractivity contribution in [2.24, 2.45) is 0 Å². The second-order valence-corrected chi connectivity index (χ2v) is 6.47. The maximum absolute atomic E-state index is 3.67. The molecule has 0 saturated heterocycles. The predicted molar refractivity (Wildman–Crippen MR) is 62.6 cm³/mol. The average Bonchev–Trinajstić information content (AvgIpc) is 1.93. The molecule has 0 radical (unpaired) electrons. The van der Waals surface area contributed by atoms with E-state index in [0.29, 0.717) is 0 Å². The van der Waals surface area contributed by atoms with Gasteiger partial charge in [-0.15, -0.1) is 0 Å². The molecule has 0 N–H and O–H groups in total. The van der Waals surface area contributed by atoms with Crippen molar-refractivity contribution in [1.82, 2.24) is 0 Å². The van der Waals surface area contributed by atoms with Gasteiger partial charge < -0.3 is 0 Å². The molecule has 1 aromatic rings. The maximum atomic E-state index is 3.67. The van der Waals surface area contributed by atoms with Crippen molar-refractivity contribution in [3.05, 3.63) is 34.9 Å². The van der Waals surface area contributed by atoms with Crippen LogP contribution in [-0.2, 0) is 6.42 Å². The molecule has 0 spiro atoms. The van der Waals surface area contributed by atoms with E-state index in [0.717, 1.165) is 6.42 Å². The SMILES string of the molecule is Cc1ccc(CC(C)(C)Br)c(C)c1. The molecule has 13 heavy (non-hydrogen) atoms. The third-order valence-corrected chi connectivity index (χ3v) is 2.39. The van der Waals surface area contributed by atoms with Crippen LogP contribution in [0.25, 0.3) is 0 Å². The first-order chi connectivity index (χ1) is 5.88. The van der Waals surface area contributed by atoms with Gasteiger partial charge in [-0.25, -0.2) is 0 Å². The molecule has 0 aromatic heterocycles. The smallest absolute Gasteiger partial charge is 0.0242 e. The van der Waals surface area contributed by atoms with Gasteiger partial charge >= 0.3 is 0 Å². The summed E-state index contributed by atoms with van der Waals surface area (Å²) in [7, 11) is 0. The molecular formula is C12H17Br. The largest absolute Gasteiger partial charge is 0.0856 e. The summed E-state index contributed by atoms with van der Waals surface area (Å²) in [4.78, 5) is 0. The summed E-state index contributed by atoms with van der Waals surface area (Å²) in [6.07, 6.45) is 1.08. The monoisotopic (exact) mass is 240 g/mol. The Bertz CT molecular complexity index is 294. The molecule has 0 aliphatic carbocycles. The van der Waals surface area contributed by atoms with Gasteiger partial charge in [0.2, 0.25) is 0 Å². The standard InChI is InChI=1S/C12H17Br/c1-9-5-6-11(10(2)7-9)8-12(3,4)13/h5-7H,8H2,1-4H3. The van der Waals surface area contributed by atoms with Gasteiger partial charge in [-0.2, -0.15) is 0 Å². The number of halogens is 1. The molecule has 1 rings (SSSR count). The molecule has 0 nitrogen and oxygen atoms in total. The fourth-order valence-corrected chi connectivity index (χ4v) is 1.80. The predicted octanol–water partition coefficient (Wildman–Crippen LogP) is 4.02. The Morgan fingerprint density at radius 2 is 1.85 bits per heavy atom. The quantitative estimate of drug-likeness (QED) is 0.686. The van der Waals surface area contributed by atoms with E-state index < -0.39 is 0 Å². The molecular weight excluding hydrogens is 224 g/mol. The van der Waals surface area contributed by atoms with E-state index in [9.17, 15) is 0 Å². The molecule has 0 saturated carbocycles. The normalized spacial score (nSPS) is 11.8.